The number of nitrogens with zero attached hydrogens (tertiary/aromatic N) is 4. The SMILES string of the molecule is COCCOCCN1CCC(C#N)(NC(=O)[C@H](CC2CCCCC2)N=C(NC(=O)OCC(C)C)N2CCOCC2)CC1. The van der Waals surface area contributed by atoms with Gasteiger partial charge in [-0.15, -0.1) is 0 Å². The molecule has 0 aromatic heterocycles. The first-order chi connectivity index (χ1) is 20.3. The highest BCUT2D eigenvalue weighted by Crippen LogP contribution is 2.29. The number of carbonyl (C=O) groups is 2. The summed E-state index contributed by atoms with van der Waals surface area (Å²) in [6.45, 7) is 10.2. The van der Waals surface area contributed by atoms with Crippen molar-refractivity contribution in [2.24, 2.45) is 16.8 Å². The van der Waals surface area contributed by atoms with Gasteiger partial charge in [-0.05, 0) is 31.1 Å². The Kier molecular flexibility index (Phi) is 14.8. The summed E-state index contributed by atoms with van der Waals surface area (Å²) in [4.78, 5) is 35.7. The molecule has 2 saturated heterocycles. The lowest BCUT2D eigenvalue weighted by molar-refractivity contribution is -0.124. The summed E-state index contributed by atoms with van der Waals surface area (Å²) in [6.07, 6.45) is 6.67. The molecular weight excluding hydrogens is 540 g/mol. The fourth-order valence-electron chi connectivity index (χ4n) is 5.62. The number of nitriles is 1. The molecule has 2 heterocycles. The largest absolute Gasteiger partial charge is 0.449 e. The Balaban J connectivity index is 1.72. The van der Waals surface area contributed by atoms with Gasteiger partial charge in [0.1, 0.15) is 11.6 Å². The Morgan fingerprint density at radius 3 is 2.43 bits per heavy atom. The zero-order chi connectivity index (χ0) is 30.2. The maximum absolute atomic E-state index is 13.9. The first-order valence-corrected chi connectivity index (χ1v) is 15.7. The van der Waals surface area contributed by atoms with Crippen LogP contribution in [0.25, 0.3) is 0 Å². The van der Waals surface area contributed by atoms with Crippen LogP contribution < -0.4 is 10.6 Å². The quantitative estimate of drug-likeness (QED) is 0.188. The van der Waals surface area contributed by atoms with Crippen LogP contribution in [0.4, 0.5) is 4.79 Å². The van der Waals surface area contributed by atoms with Crippen molar-refractivity contribution in [3.8, 4) is 6.07 Å². The molecule has 1 atom stereocenters. The van der Waals surface area contributed by atoms with Gasteiger partial charge >= 0.3 is 6.09 Å². The number of hydrogen-bond donors (Lipinski definition) is 2. The zero-order valence-corrected chi connectivity index (χ0v) is 25.9. The molecule has 12 heteroatoms. The number of nitrogens with one attached hydrogen (secondary N) is 2. The average molecular weight is 593 g/mol. The molecule has 2 aliphatic heterocycles. The fraction of sp³-hybridized carbons (Fsp3) is 0.867. The van der Waals surface area contributed by atoms with Crippen LogP contribution in [0.15, 0.2) is 4.99 Å². The highest BCUT2D eigenvalue weighted by molar-refractivity contribution is 5.96. The Morgan fingerprint density at radius 1 is 1.07 bits per heavy atom. The van der Waals surface area contributed by atoms with Gasteiger partial charge in [0.05, 0.1) is 45.7 Å². The summed E-state index contributed by atoms with van der Waals surface area (Å²) >= 11 is 0. The number of rotatable bonds is 13. The van der Waals surface area contributed by atoms with Gasteiger partial charge in [0, 0.05) is 39.8 Å². The zero-order valence-electron chi connectivity index (χ0n) is 25.9. The lowest BCUT2D eigenvalue weighted by Crippen LogP contribution is -2.57. The van der Waals surface area contributed by atoms with E-state index in [-0.39, 0.29) is 18.4 Å². The molecule has 0 spiro atoms. The van der Waals surface area contributed by atoms with Crippen molar-refractivity contribution in [3.05, 3.63) is 0 Å². The number of amides is 2. The molecule has 0 radical (unpaired) electrons. The number of likely N-dealkylation sites (tertiary alicyclic amines) is 1. The molecular formula is C30H52N6O6. The van der Waals surface area contributed by atoms with Gasteiger partial charge in [-0.1, -0.05) is 46.0 Å². The number of aliphatic imine (C=N–C) groups is 1. The second-order valence-electron chi connectivity index (χ2n) is 12.1. The van der Waals surface area contributed by atoms with E-state index in [1.807, 2.05) is 18.7 Å². The summed E-state index contributed by atoms with van der Waals surface area (Å²) < 4.78 is 21.5. The number of piperidine rings is 1. The lowest BCUT2D eigenvalue weighted by Gasteiger charge is -2.38. The van der Waals surface area contributed by atoms with Crippen molar-refractivity contribution < 1.29 is 28.5 Å². The highest BCUT2D eigenvalue weighted by atomic mass is 16.5. The van der Waals surface area contributed by atoms with Gasteiger partial charge < -0.3 is 34.1 Å². The standard InChI is InChI=1S/C30H52N6O6/c1-24(2)22-42-29(38)33-28(36-14-17-40-18-15-36)32-26(21-25-7-5-4-6-8-25)27(37)34-30(23-31)9-11-35(12-10-30)13-16-41-20-19-39-3/h24-26H,4-22H2,1-3H3,(H,34,37)(H,32,33,38)/t26-/m0/s1. The molecule has 2 amide bonds. The topological polar surface area (TPSA) is 138 Å². The van der Waals surface area contributed by atoms with Crippen molar-refractivity contribution in [2.45, 2.75) is 76.8 Å². The molecule has 0 bridgehead atoms. The predicted molar refractivity (Wildman–Crippen MR) is 159 cm³/mol. The Morgan fingerprint density at radius 2 is 1.79 bits per heavy atom. The lowest BCUT2D eigenvalue weighted by atomic mass is 9.84. The molecule has 42 heavy (non-hydrogen) atoms. The Labute approximate surface area is 251 Å². The third-order valence-corrected chi connectivity index (χ3v) is 8.20. The van der Waals surface area contributed by atoms with Gasteiger partial charge in [0.2, 0.25) is 11.9 Å². The molecule has 12 nitrogen and oxygen atoms in total. The summed E-state index contributed by atoms with van der Waals surface area (Å²) in [7, 11) is 1.65. The molecule has 238 valence electrons. The van der Waals surface area contributed by atoms with E-state index in [0.717, 1.165) is 32.2 Å². The van der Waals surface area contributed by atoms with Crippen LogP contribution >= 0.6 is 0 Å². The van der Waals surface area contributed by atoms with E-state index in [1.165, 1.54) is 6.42 Å². The summed E-state index contributed by atoms with van der Waals surface area (Å²) in [5, 5.41) is 16.1. The Bertz CT molecular complexity index is 889. The van der Waals surface area contributed by atoms with E-state index in [1.54, 1.807) is 7.11 Å². The van der Waals surface area contributed by atoms with Gasteiger partial charge in [0.25, 0.3) is 0 Å². The van der Waals surface area contributed by atoms with E-state index in [9.17, 15) is 14.9 Å². The average Bonchev–Trinajstić information content (AvgIpc) is 3.01. The minimum atomic E-state index is -0.951. The molecule has 0 unspecified atom stereocenters. The summed E-state index contributed by atoms with van der Waals surface area (Å²) in [5.74, 6) is 0.634. The number of carbonyl (C=O) groups excluding carboxylic acids is 2. The van der Waals surface area contributed by atoms with Crippen LogP contribution in [0.1, 0.15) is 65.2 Å². The maximum Gasteiger partial charge on any atom is 0.413 e. The summed E-state index contributed by atoms with van der Waals surface area (Å²) in [5.41, 5.74) is -0.951. The third kappa shape index (κ3) is 11.7. The van der Waals surface area contributed by atoms with Gasteiger partial charge in [0.15, 0.2) is 0 Å². The van der Waals surface area contributed by atoms with E-state index < -0.39 is 17.7 Å². The predicted octanol–water partition coefficient (Wildman–Crippen LogP) is 2.53. The van der Waals surface area contributed by atoms with Crippen LogP contribution in [0.5, 0.6) is 0 Å². The molecule has 1 saturated carbocycles. The van der Waals surface area contributed by atoms with Crippen LogP contribution in [0, 0.1) is 23.2 Å². The van der Waals surface area contributed by atoms with Crippen LogP contribution in [-0.2, 0) is 23.7 Å². The van der Waals surface area contributed by atoms with Crippen LogP contribution in [-0.4, -0.2) is 119 Å². The smallest absolute Gasteiger partial charge is 0.413 e. The number of ether oxygens (including phenoxy) is 4. The van der Waals surface area contributed by atoms with E-state index in [4.69, 9.17) is 23.9 Å². The highest BCUT2D eigenvalue weighted by Gasteiger charge is 2.38. The van der Waals surface area contributed by atoms with Gasteiger partial charge in [-0.2, -0.15) is 5.26 Å². The first kappa shape index (κ1) is 34.0. The number of morpholine rings is 1. The molecule has 3 rings (SSSR count). The molecule has 0 aromatic carbocycles. The second-order valence-corrected chi connectivity index (χ2v) is 12.1. The van der Waals surface area contributed by atoms with Crippen molar-refractivity contribution in [3.63, 3.8) is 0 Å². The number of methoxy groups -OCH3 is 1. The van der Waals surface area contributed by atoms with Crippen LogP contribution in [0.3, 0.4) is 0 Å². The molecule has 2 N–H and O–H groups in total. The number of hydrogen-bond acceptors (Lipinski definition) is 9. The Hall–Kier alpha value is -2.46. The fourth-order valence-corrected chi connectivity index (χ4v) is 5.62. The monoisotopic (exact) mass is 592 g/mol. The van der Waals surface area contributed by atoms with Crippen molar-refractivity contribution in [2.75, 3.05) is 79.5 Å². The molecule has 1 aliphatic carbocycles. The molecule has 3 fully saturated rings. The minimum absolute atomic E-state index is 0.195. The maximum atomic E-state index is 13.9. The first-order valence-electron chi connectivity index (χ1n) is 15.7. The normalized spacial score (nSPS) is 21.0. The molecule has 3 aliphatic rings. The third-order valence-electron chi connectivity index (χ3n) is 8.20. The number of alkyl carbamates (subject to hydrolysis) is 1. The van der Waals surface area contributed by atoms with Gasteiger partial charge in [-0.25, -0.2) is 9.79 Å². The van der Waals surface area contributed by atoms with Crippen molar-refractivity contribution >= 4 is 18.0 Å². The van der Waals surface area contributed by atoms with Gasteiger partial charge in [-0.3, -0.25) is 10.1 Å². The second kappa shape index (κ2) is 18.3. The van der Waals surface area contributed by atoms with E-state index >= 15 is 0 Å². The molecule has 0 aromatic rings. The summed E-state index contributed by atoms with van der Waals surface area (Å²) in [6, 6.07) is 1.69. The van der Waals surface area contributed by atoms with Crippen molar-refractivity contribution in [1.29, 1.82) is 5.26 Å². The minimum Gasteiger partial charge on any atom is -0.449 e. The van der Waals surface area contributed by atoms with E-state index in [2.05, 4.69) is 21.6 Å². The van der Waals surface area contributed by atoms with E-state index in [0.29, 0.717) is 90.4 Å². The van der Waals surface area contributed by atoms with Crippen LogP contribution in [0.2, 0.25) is 0 Å². The van der Waals surface area contributed by atoms with Crippen molar-refractivity contribution in [1.82, 2.24) is 20.4 Å². The number of guanidine groups is 1.